The number of carbonyl (C=O) groups is 1. The molecule has 0 aromatic heterocycles. The summed E-state index contributed by atoms with van der Waals surface area (Å²) in [6, 6.07) is 0. The second kappa shape index (κ2) is 2.88. The van der Waals surface area contributed by atoms with Gasteiger partial charge in [-0.05, 0) is 0 Å². The molecule has 0 saturated carbocycles. The van der Waals surface area contributed by atoms with Crippen molar-refractivity contribution in [3.05, 3.63) is 0 Å². The van der Waals surface area contributed by atoms with Gasteiger partial charge >= 0.3 is 6.16 Å². The lowest BCUT2D eigenvalue weighted by Gasteiger charge is -2.23. The van der Waals surface area contributed by atoms with E-state index in [1.807, 2.05) is 0 Å². The molecule has 4 nitrogen and oxygen atoms in total. The van der Waals surface area contributed by atoms with Crippen LogP contribution in [0.2, 0.25) is 0 Å². The van der Waals surface area contributed by atoms with Gasteiger partial charge in [-0.2, -0.15) is 0 Å². The van der Waals surface area contributed by atoms with E-state index < -0.39 is 17.9 Å². The Bertz CT molecular complexity index is 124. The summed E-state index contributed by atoms with van der Waals surface area (Å²) in [7, 11) is 0. The first-order chi connectivity index (χ1) is 4.34. The molecule has 0 aliphatic rings. The van der Waals surface area contributed by atoms with Crippen LogP contribution in [0.15, 0.2) is 0 Å². The van der Waals surface area contributed by atoms with E-state index in [1.165, 1.54) is 0 Å². The first-order valence-electron chi connectivity index (χ1n) is 2.91. The van der Waals surface area contributed by atoms with E-state index in [0.29, 0.717) is 0 Å². The van der Waals surface area contributed by atoms with Crippen molar-refractivity contribution in [3.63, 3.8) is 0 Å². The van der Waals surface area contributed by atoms with Gasteiger partial charge in [0, 0.05) is 5.41 Å². The number of ether oxygens (including phenoxy) is 1. The highest BCUT2D eigenvalue weighted by Crippen LogP contribution is 2.19. The molecule has 2 N–H and O–H groups in total. The Kier molecular flexibility index (Phi) is 2.65. The number of aliphatic hydroxyl groups excluding tert-OH is 1. The van der Waals surface area contributed by atoms with Gasteiger partial charge in [0.2, 0.25) is 6.29 Å². The maximum absolute atomic E-state index is 9.87. The van der Waals surface area contributed by atoms with E-state index in [1.54, 1.807) is 20.8 Å². The van der Waals surface area contributed by atoms with Crippen molar-refractivity contribution in [1.29, 1.82) is 0 Å². The van der Waals surface area contributed by atoms with Gasteiger partial charge in [0.05, 0.1) is 0 Å². The molecule has 0 aromatic rings. The van der Waals surface area contributed by atoms with E-state index in [4.69, 9.17) is 10.2 Å². The first kappa shape index (κ1) is 9.23. The fourth-order valence-electron chi connectivity index (χ4n) is 0.272. The van der Waals surface area contributed by atoms with Crippen LogP contribution in [0.3, 0.4) is 0 Å². The van der Waals surface area contributed by atoms with E-state index in [9.17, 15) is 4.79 Å². The van der Waals surface area contributed by atoms with Gasteiger partial charge in [-0.25, -0.2) is 4.79 Å². The zero-order chi connectivity index (χ0) is 8.36. The predicted molar refractivity (Wildman–Crippen MR) is 34.6 cm³/mol. The van der Waals surface area contributed by atoms with Crippen molar-refractivity contribution < 1.29 is 19.7 Å². The fourth-order valence-corrected chi connectivity index (χ4v) is 0.272. The molecule has 60 valence electrons. The number of rotatable bonds is 1. The summed E-state index contributed by atoms with van der Waals surface area (Å²) >= 11 is 0. The van der Waals surface area contributed by atoms with E-state index in [-0.39, 0.29) is 0 Å². The molecule has 1 unspecified atom stereocenters. The number of carboxylic acid groups (broad SMARTS) is 1. The van der Waals surface area contributed by atoms with Crippen molar-refractivity contribution in [3.8, 4) is 0 Å². The van der Waals surface area contributed by atoms with Crippen LogP contribution in [-0.2, 0) is 4.74 Å². The molecule has 10 heavy (non-hydrogen) atoms. The summed E-state index contributed by atoms with van der Waals surface area (Å²) in [4.78, 5) is 9.87. The molecular weight excluding hydrogens is 136 g/mol. The third-order valence-corrected chi connectivity index (χ3v) is 0.953. The van der Waals surface area contributed by atoms with Crippen LogP contribution in [0.5, 0.6) is 0 Å². The minimum atomic E-state index is -1.46. The Labute approximate surface area is 59.4 Å². The van der Waals surface area contributed by atoms with Crippen molar-refractivity contribution in [2.75, 3.05) is 0 Å². The average Bonchev–Trinajstić information content (AvgIpc) is 1.60. The molecule has 0 fully saturated rings. The van der Waals surface area contributed by atoms with Gasteiger partial charge in [0.1, 0.15) is 0 Å². The lowest BCUT2D eigenvalue weighted by atomic mass is 9.96. The zero-order valence-corrected chi connectivity index (χ0v) is 6.29. The summed E-state index contributed by atoms with van der Waals surface area (Å²) in [5, 5.41) is 17.0. The zero-order valence-electron chi connectivity index (χ0n) is 6.29. The molecule has 0 saturated heterocycles. The van der Waals surface area contributed by atoms with Crippen LogP contribution < -0.4 is 0 Å². The third kappa shape index (κ3) is 3.29. The van der Waals surface area contributed by atoms with Crippen LogP contribution >= 0.6 is 0 Å². The molecule has 0 radical (unpaired) electrons. The molecule has 0 aliphatic heterocycles. The normalized spacial score (nSPS) is 14.4. The Hall–Kier alpha value is -0.770. The van der Waals surface area contributed by atoms with Crippen molar-refractivity contribution in [2.24, 2.45) is 5.41 Å². The smallest absolute Gasteiger partial charge is 0.450 e. The van der Waals surface area contributed by atoms with E-state index in [2.05, 4.69) is 4.74 Å². The fraction of sp³-hybridized carbons (Fsp3) is 0.833. The summed E-state index contributed by atoms with van der Waals surface area (Å²) in [6.07, 6.45) is -2.72. The highest BCUT2D eigenvalue weighted by Gasteiger charge is 2.25. The molecular formula is C6H12O4. The molecule has 0 rings (SSSR count). The Morgan fingerprint density at radius 3 is 2.00 bits per heavy atom. The van der Waals surface area contributed by atoms with Crippen LogP contribution in [0, 0.1) is 5.41 Å². The average molecular weight is 148 g/mol. The predicted octanol–water partition coefficient (Wildman–Crippen LogP) is 1.05. The lowest BCUT2D eigenvalue weighted by Crippen LogP contribution is -2.30. The maximum atomic E-state index is 9.87. The number of hydrogen-bond acceptors (Lipinski definition) is 3. The van der Waals surface area contributed by atoms with Crippen molar-refractivity contribution >= 4 is 6.16 Å². The summed E-state index contributed by atoms with van der Waals surface area (Å²) in [5.74, 6) is 0. The summed E-state index contributed by atoms with van der Waals surface area (Å²) in [5.41, 5.74) is -0.557. The number of aliphatic hydroxyl groups is 1. The maximum Gasteiger partial charge on any atom is 0.508 e. The Morgan fingerprint density at radius 2 is 1.90 bits per heavy atom. The van der Waals surface area contributed by atoms with Gasteiger partial charge in [-0.3, -0.25) is 0 Å². The molecule has 0 heterocycles. The highest BCUT2D eigenvalue weighted by molar-refractivity contribution is 5.56. The third-order valence-electron chi connectivity index (χ3n) is 0.953. The van der Waals surface area contributed by atoms with Gasteiger partial charge < -0.3 is 14.9 Å². The minimum absolute atomic E-state index is 0.557. The topological polar surface area (TPSA) is 66.8 Å². The molecule has 4 heteroatoms. The second-order valence-electron chi connectivity index (χ2n) is 3.10. The van der Waals surface area contributed by atoms with Gasteiger partial charge in [-0.1, -0.05) is 20.8 Å². The molecule has 0 aliphatic carbocycles. The second-order valence-corrected chi connectivity index (χ2v) is 3.10. The molecule has 0 aromatic carbocycles. The van der Waals surface area contributed by atoms with Crippen LogP contribution in [0.25, 0.3) is 0 Å². The van der Waals surface area contributed by atoms with E-state index in [0.717, 1.165) is 0 Å². The van der Waals surface area contributed by atoms with E-state index >= 15 is 0 Å². The summed E-state index contributed by atoms with van der Waals surface area (Å²) < 4.78 is 4.09. The Morgan fingerprint density at radius 1 is 1.50 bits per heavy atom. The largest absolute Gasteiger partial charge is 0.508 e. The summed E-state index contributed by atoms with van der Waals surface area (Å²) in [6.45, 7) is 5.04. The SMILES string of the molecule is CC(C)(C)C(O)OC(=O)O. The monoisotopic (exact) mass is 148 g/mol. The Balaban J connectivity index is 3.85. The molecule has 0 bridgehead atoms. The standard InChI is InChI=1S/C6H12O4/c1-6(2,3)4(7)10-5(8)9/h4,7H,1-3H3,(H,8,9). The van der Waals surface area contributed by atoms with Gasteiger partial charge in [0.15, 0.2) is 0 Å². The molecule has 0 spiro atoms. The first-order valence-corrected chi connectivity index (χ1v) is 2.91. The molecule has 0 amide bonds. The quantitative estimate of drug-likeness (QED) is 0.430. The minimum Gasteiger partial charge on any atom is -0.450 e. The van der Waals surface area contributed by atoms with Crippen LogP contribution in [0.4, 0.5) is 4.79 Å². The molecule has 1 atom stereocenters. The number of hydrogen-bond donors (Lipinski definition) is 2. The highest BCUT2D eigenvalue weighted by atomic mass is 16.7. The van der Waals surface area contributed by atoms with Crippen LogP contribution in [-0.4, -0.2) is 22.7 Å². The van der Waals surface area contributed by atoms with Crippen molar-refractivity contribution in [2.45, 2.75) is 27.1 Å². The lowest BCUT2D eigenvalue weighted by molar-refractivity contribution is -0.130. The van der Waals surface area contributed by atoms with Gasteiger partial charge in [-0.15, -0.1) is 0 Å². The van der Waals surface area contributed by atoms with Crippen LogP contribution in [0.1, 0.15) is 20.8 Å². The van der Waals surface area contributed by atoms with Gasteiger partial charge in [0.25, 0.3) is 0 Å². The van der Waals surface area contributed by atoms with Crippen molar-refractivity contribution in [1.82, 2.24) is 0 Å².